The average Bonchev–Trinajstić information content (AvgIpc) is 3.39. The second-order valence-corrected chi connectivity index (χ2v) is 9.32. The first-order valence-corrected chi connectivity index (χ1v) is 12.2. The fraction of sp³-hybridized carbons (Fsp3) is 0.385. The summed E-state index contributed by atoms with van der Waals surface area (Å²) in [5.74, 6) is 2.38. The largest absolute Gasteiger partial charge is 0.494 e. The first-order chi connectivity index (χ1) is 18.3. The van der Waals surface area contributed by atoms with Crippen molar-refractivity contribution in [3.8, 4) is 46.1 Å². The van der Waals surface area contributed by atoms with Crippen molar-refractivity contribution in [3.63, 3.8) is 0 Å². The van der Waals surface area contributed by atoms with E-state index in [1.165, 1.54) is 30.5 Å². The molecule has 0 unspecified atom stereocenters. The molecule has 5 rings (SSSR count). The van der Waals surface area contributed by atoms with Crippen molar-refractivity contribution < 1.29 is 33.5 Å². The number of rotatable bonds is 6. The van der Waals surface area contributed by atoms with Crippen molar-refractivity contribution in [2.75, 3.05) is 48.8 Å². The number of methoxy groups -OCH3 is 4. The molecule has 0 fully saturated rings. The van der Waals surface area contributed by atoms with Gasteiger partial charge in [-0.3, -0.25) is 18.8 Å². The van der Waals surface area contributed by atoms with Crippen LogP contribution in [0.1, 0.15) is 22.7 Å². The smallest absolute Gasteiger partial charge is 0.267 e. The summed E-state index contributed by atoms with van der Waals surface area (Å²) in [5, 5.41) is 11.4. The van der Waals surface area contributed by atoms with Crippen molar-refractivity contribution in [3.05, 3.63) is 50.0 Å². The van der Waals surface area contributed by atoms with Crippen LogP contribution in [-0.4, -0.2) is 68.0 Å². The van der Waals surface area contributed by atoms with E-state index in [0.29, 0.717) is 53.2 Å². The van der Waals surface area contributed by atoms with Gasteiger partial charge in [0.15, 0.2) is 27.8 Å². The molecule has 202 valence electrons. The first kappa shape index (κ1) is 25.7. The molecule has 2 aliphatic rings. The Hall–Kier alpha value is -3.90. The molecular weight excluding hydrogens is 514 g/mol. The Morgan fingerprint density at radius 1 is 0.947 bits per heavy atom. The maximum Gasteiger partial charge on any atom is 0.267 e. The number of ether oxygens (including phenoxy) is 6. The lowest BCUT2D eigenvalue weighted by Crippen LogP contribution is -2.38. The number of nitrogens with zero attached hydrogens (tertiary/aromatic N) is 3. The van der Waals surface area contributed by atoms with Gasteiger partial charge in [0.25, 0.3) is 5.56 Å². The van der Waals surface area contributed by atoms with E-state index < -0.39 is 11.6 Å². The highest BCUT2D eigenvalue weighted by Gasteiger charge is 2.38. The molecule has 3 heterocycles. The van der Waals surface area contributed by atoms with Gasteiger partial charge >= 0.3 is 0 Å². The zero-order chi connectivity index (χ0) is 27.3. The average molecular weight is 544 g/mol. The number of hydrogen-bond acceptors (Lipinski definition) is 10. The van der Waals surface area contributed by atoms with Crippen molar-refractivity contribution in [2.24, 2.45) is 7.05 Å². The Labute approximate surface area is 224 Å². The van der Waals surface area contributed by atoms with Crippen molar-refractivity contribution in [1.29, 1.82) is 0 Å². The van der Waals surface area contributed by atoms with Crippen LogP contribution in [0.4, 0.5) is 0 Å². The highest BCUT2D eigenvalue weighted by molar-refractivity contribution is 7.71. The maximum atomic E-state index is 14.3. The van der Waals surface area contributed by atoms with Gasteiger partial charge in [-0.1, -0.05) is 0 Å². The zero-order valence-electron chi connectivity index (χ0n) is 22.0. The van der Waals surface area contributed by atoms with Gasteiger partial charge in [0.05, 0.1) is 45.7 Å². The van der Waals surface area contributed by atoms with Gasteiger partial charge in [0.1, 0.15) is 0 Å². The van der Waals surface area contributed by atoms with E-state index in [2.05, 4.69) is 0 Å². The number of fused-ring (bicyclic) bond motifs is 2. The Balaban J connectivity index is 1.82. The van der Waals surface area contributed by atoms with Gasteiger partial charge in [-0.15, -0.1) is 0 Å². The minimum atomic E-state index is -0.661. The Morgan fingerprint density at radius 3 is 2.21 bits per heavy atom. The summed E-state index contributed by atoms with van der Waals surface area (Å²) in [6, 6.07) is 4.52. The van der Waals surface area contributed by atoms with Crippen LogP contribution in [0.5, 0.6) is 40.4 Å². The van der Waals surface area contributed by atoms with Crippen molar-refractivity contribution in [2.45, 2.75) is 12.5 Å². The Morgan fingerprint density at radius 2 is 1.61 bits per heavy atom. The second-order valence-electron chi connectivity index (χ2n) is 8.95. The predicted octanol–water partition coefficient (Wildman–Crippen LogP) is 2.95. The summed E-state index contributed by atoms with van der Waals surface area (Å²) < 4.78 is 36.4. The maximum absolute atomic E-state index is 14.3. The summed E-state index contributed by atoms with van der Waals surface area (Å²) in [6.45, 7) is 0.705. The lowest BCUT2D eigenvalue weighted by atomic mass is 9.87. The molecule has 11 nitrogen and oxygen atoms in total. The third kappa shape index (κ3) is 3.74. The molecule has 0 saturated heterocycles. The standard InChI is InChI=1S/C26H29N3O8S/c1-27-8-7-13-9-17-22(37-12-36-17)23(35-6)18(13)20(27)19-24(30)28(2)26(38)29(25(19)31)14-10-15(32-3)21(34-5)16(11-14)33-4/h9-11,20,30H,7-8,12H2,1-6H3/t20-/m0/s1. The number of hydrogen-bond donors (Lipinski definition) is 1. The molecule has 3 aromatic rings. The Kier molecular flexibility index (Phi) is 6.61. The molecule has 1 aromatic heterocycles. The van der Waals surface area contributed by atoms with Crippen LogP contribution in [0.2, 0.25) is 0 Å². The quantitative estimate of drug-likeness (QED) is 0.467. The molecular formula is C26H29N3O8S. The van der Waals surface area contributed by atoms with E-state index >= 15 is 0 Å². The highest BCUT2D eigenvalue weighted by Crippen LogP contribution is 2.51. The molecule has 0 spiro atoms. The predicted molar refractivity (Wildman–Crippen MR) is 140 cm³/mol. The van der Waals surface area contributed by atoms with Gasteiger partial charge in [-0.2, -0.15) is 0 Å². The molecule has 1 atom stereocenters. The SMILES string of the molecule is COc1cc(-n2c(=O)c([C@@H]3c4c(cc5c(c4OC)OCO5)CCN3C)c(O)n(C)c2=S)cc(OC)c1OC. The van der Waals surface area contributed by atoms with Crippen LogP contribution in [0.15, 0.2) is 23.0 Å². The molecule has 0 radical (unpaired) electrons. The van der Waals surface area contributed by atoms with Crippen LogP contribution >= 0.6 is 12.2 Å². The van der Waals surface area contributed by atoms with E-state index in [4.69, 9.17) is 40.6 Å². The topological polar surface area (TPSA) is 106 Å². The number of benzene rings is 2. The minimum absolute atomic E-state index is 0.0773. The fourth-order valence-electron chi connectivity index (χ4n) is 5.19. The van der Waals surface area contributed by atoms with E-state index in [0.717, 1.165) is 11.1 Å². The lowest BCUT2D eigenvalue weighted by molar-refractivity contribution is 0.170. The molecule has 38 heavy (non-hydrogen) atoms. The van der Waals surface area contributed by atoms with Gasteiger partial charge < -0.3 is 33.5 Å². The minimum Gasteiger partial charge on any atom is -0.494 e. The summed E-state index contributed by atoms with van der Waals surface area (Å²) in [4.78, 5) is 16.3. The summed E-state index contributed by atoms with van der Waals surface area (Å²) >= 11 is 5.63. The van der Waals surface area contributed by atoms with Crippen LogP contribution < -0.4 is 34.0 Å². The number of aromatic nitrogens is 2. The van der Waals surface area contributed by atoms with Crippen LogP contribution in [0.3, 0.4) is 0 Å². The fourth-order valence-corrected chi connectivity index (χ4v) is 5.46. The first-order valence-electron chi connectivity index (χ1n) is 11.8. The summed E-state index contributed by atoms with van der Waals surface area (Å²) in [6.07, 6.45) is 0.697. The van der Waals surface area contributed by atoms with Crippen LogP contribution in [-0.2, 0) is 13.5 Å². The summed E-state index contributed by atoms with van der Waals surface area (Å²) in [7, 11) is 9.52. The highest BCUT2D eigenvalue weighted by atomic mass is 32.1. The van der Waals surface area contributed by atoms with E-state index in [9.17, 15) is 9.90 Å². The lowest BCUT2D eigenvalue weighted by Gasteiger charge is -2.36. The van der Waals surface area contributed by atoms with Crippen LogP contribution in [0, 0.1) is 4.77 Å². The van der Waals surface area contributed by atoms with Gasteiger partial charge in [-0.05, 0) is 37.3 Å². The molecule has 0 amide bonds. The van der Waals surface area contributed by atoms with Crippen LogP contribution in [0.25, 0.3) is 5.69 Å². The third-order valence-corrected chi connectivity index (χ3v) is 7.50. The molecule has 0 bridgehead atoms. The van der Waals surface area contributed by atoms with E-state index in [-0.39, 0.29) is 23.0 Å². The molecule has 0 saturated carbocycles. The number of aromatic hydroxyl groups is 1. The van der Waals surface area contributed by atoms with E-state index in [1.807, 2.05) is 18.0 Å². The Bertz CT molecular complexity index is 1520. The molecule has 0 aliphatic carbocycles. The summed E-state index contributed by atoms with van der Waals surface area (Å²) in [5.41, 5.74) is 1.70. The zero-order valence-corrected chi connectivity index (χ0v) is 22.8. The second kappa shape index (κ2) is 9.76. The molecule has 2 aromatic carbocycles. The normalized spacial score (nSPS) is 16.2. The van der Waals surface area contributed by atoms with Crippen molar-refractivity contribution >= 4 is 12.2 Å². The van der Waals surface area contributed by atoms with Crippen molar-refractivity contribution in [1.82, 2.24) is 14.0 Å². The monoisotopic (exact) mass is 543 g/mol. The molecule has 2 aliphatic heterocycles. The molecule has 12 heteroatoms. The van der Waals surface area contributed by atoms with Gasteiger partial charge in [0, 0.05) is 31.3 Å². The number of likely N-dealkylation sites (N-methyl/N-ethyl adjacent to an activating group) is 1. The van der Waals surface area contributed by atoms with Gasteiger partial charge in [-0.25, -0.2) is 0 Å². The third-order valence-electron chi connectivity index (χ3n) is 7.05. The molecule has 1 N–H and O–H groups in total. The van der Waals surface area contributed by atoms with E-state index in [1.54, 1.807) is 26.3 Å². The van der Waals surface area contributed by atoms with Gasteiger partial charge in [0.2, 0.25) is 24.2 Å².